The number of likely N-dealkylation sites (tertiary alicyclic amines) is 1. The van der Waals surface area contributed by atoms with Crippen LogP contribution in [0.1, 0.15) is 64.3 Å². The van der Waals surface area contributed by atoms with Gasteiger partial charge in [0.25, 0.3) is 0 Å². The smallest absolute Gasteiger partial charge is 0.335 e. The summed E-state index contributed by atoms with van der Waals surface area (Å²) in [5.74, 6) is 1.38. The standard InChI is InChI=1S/C32H31ClN4O4/c33-23-6-8-27(34-17-23)29-9-5-21-2-1-3-25(31(21)41-29)20-10-13-36(14-11-20)19-30-35-26-7-4-22(32(38)39)16-28(26)37(30)18-24-12-15-40-24/h1-9,16-17,20,24,29H,10-15,18-19H2,(H,38,39)/t24-,29+/m0/s1. The summed E-state index contributed by atoms with van der Waals surface area (Å²) in [6.07, 6.45) is 8.78. The molecular formula is C32H31ClN4O4. The Hall–Kier alpha value is -3.72. The van der Waals surface area contributed by atoms with Gasteiger partial charge in [-0.25, -0.2) is 9.78 Å². The van der Waals surface area contributed by atoms with E-state index in [0.29, 0.717) is 24.0 Å². The van der Waals surface area contributed by atoms with Gasteiger partial charge < -0.3 is 19.1 Å². The van der Waals surface area contributed by atoms with Gasteiger partial charge in [-0.3, -0.25) is 9.88 Å². The molecule has 2 aromatic carbocycles. The van der Waals surface area contributed by atoms with Crippen LogP contribution in [-0.4, -0.2) is 56.3 Å². The Morgan fingerprint density at radius 1 is 1.10 bits per heavy atom. The number of halogens is 1. The largest absolute Gasteiger partial charge is 0.479 e. The van der Waals surface area contributed by atoms with Gasteiger partial charge in [0, 0.05) is 18.4 Å². The lowest BCUT2D eigenvalue weighted by Crippen LogP contribution is -2.35. The van der Waals surface area contributed by atoms with Gasteiger partial charge in [0.05, 0.1) is 46.5 Å². The molecule has 0 unspecified atom stereocenters. The Labute approximate surface area is 243 Å². The molecule has 2 atom stereocenters. The third kappa shape index (κ3) is 5.23. The van der Waals surface area contributed by atoms with Crippen molar-refractivity contribution in [3.63, 3.8) is 0 Å². The van der Waals surface area contributed by atoms with E-state index in [-0.39, 0.29) is 17.8 Å². The van der Waals surface area contributed by atoms with Gasteiger partial charge in [-0.1, -0.05) is 35.9 Å². The van der Waals surface area contributed by atoms with E-state index in [0.717, 1.165) is 72.8 Å². The fraction of sp³-hybridized carbons (Fsp3) is 0.344. The zero-order valence-corrected chi connectivity index (χ0v) is 23.3. The van der Waals surface area contributed by atoms with Crippen LogP contribution in [0.5, 0.6) is 5.75 Å². The topological polar surface area (TPSA) is 89.7 Å². The molecule has 1 N–H and O–H groups in total. The Balaban J connectivity index is 1.07. The van der Waals surface area contributed by atoms with Crippen molar-refractivity contribution in [2.24, 2.45) is 0 Å². The van der Waals surface area contributed by atoms with E-state index in [1.165, 1.54) is 5.56 Å². The Morgan fingerprint density at radius 2 is 1.95 bits per heavy atom. The number of para-hydroxylation sites is 1. The second kappa shape index (κ2) is 10.9. The summed E-state index contributed by atoms with van der Waals surface area (Å²) < 4.78 is 14.4. The molecule has 7 rings (SSSR count). The molecule has 0 bridgehead atoms. The van der Waals surface area contributed by atoms with E-state index in [9.17, 15) is 9.90 Å². The number of fused-ring (bicyclic) bond motifs is 2. The van der Waals surface area contributed by atoms with Gasteiger partial charge >= 0.3 is 5.97 Å². The number of rotatable bonds is 7. The van der Waals surface area contributed by atoms with E-state index in [4.69, 9.17) is 26.1 Å². The molecule has 8 nitrogen and oxygen atoms in total. The van der Waals surface area contributed by atoms with E-state index < -0.39 is 5.97 Å². The quantitative estimate of drug-likeness (QED) is 0.287. The van der Waals surface area contributed by atoms with Crippen LogP contribution >= 0.6 is 11.6 Å². The van der Waals surface area contributed by atoms with Gasteiger partial charge in [0.15, 0.2) is 6.10 Å². The molecule has 2 aromatic heterocycles. The highest BCUT2D eigenvalue weighted by atomic mass is 35.5. The van der Waals surface area contributed by atoms with Gasteiger partial charge in [0.1, 0.15) is 11.6 Å². The minimum absolute atomic E-state index is 0.149. The van der Waals surface area contributed by atoms with Crippen LogP contribution in [0.4, 0.5) is 0 Å². The number of carboxylic acid groups (broad SMARTS) is 1. The summed E-state index contributed by atoms with van der Waals surface area (Å²) in [6, 6.07) is 15.3. The van der Waals surface area contributed by atoms with E-state index in [2.05, 4.69) is 38.7 Å². The summed E-state index contributed by atoms with van der Waals surface area (Å²) in [5.41, 5.74) is 5.15. The second-order valence-electron chi connectivity index (χ2n) is 11.0. The molecule has 9 heteroatoms. The van der Waals surface area contributed by atoms with Crippen LogP contribution in [0.3, 0.4) is 0 Å². The van der Waals surface area contributed by atoms with Crippen LogP contribution < -0.4 is 4.74 Å². The maximum atomic E-state index is 11.6. The lowest BCUT2D eigenvalue weighted by atomic mass is 9.87. The molecule has 3 aliphatic rings. The number of imidazole rings is 1. The minimum Gasteiger partial charge on any atom is -0.479 e. The van der Waals surface area contributed by atoms with Gasteiger partial charge in [-0.05, 0) is 80.2 Å². The van der Waals surface area contributed by atoms with E-state index in [1.54, 1.807) is 18.3 Å². The first-order chi connectivity index (χ1) is 20.0. The molecule has 41 heavy (non-hydrogen) atoms. The highest BCUT2D eigenvalue weighted by Crippen LogP contribution is 2.41. The van der Waals surface area contributed by atoms with Gasteiger partial charge in [-0.2, -0.15) is 0 Å². The first-order valence-corrected chi connectivity index (χ1v) is 14.6. The predicted molar refractivity (Wildman–Crippen MR) is 156 cm³/mol. The molecule has 0 aliphatic carbocycles. The fourth-order valence-corrected chi connectivity index (χ4v) is 6.21. The number of piperidine rings is 1. The highest BCUT2D eigenvalue weighted by Gasteiger charge is 2.29. The molecule has 0 saturated carbocycles. The van der Waals surface area contributed by atoms with Crippen molar-refractivity contribution in [2.45, 2.75) is 50.5 Å². The van der Waals surface area contributed by atoms with E-state index in [1.807, 2.05) is 24.3 Å². The van der Waals surface area contributed by atoms with Crippen LogP contribution in [0.15, 0.2) is 60.8 Å². The first kappa shape index (κ1) is 26.2. The van der Waals surface area contributed by atoms with Crippen molar-refractivity contribution in [2.75, 3.05) is 19.7 Å². The average Bonchev–Trinajstić information content (AvgIpc) is 3.31. The maximum absolute atomic E-state index is 11.6. The van der Waals surface area contributed by atoms with Crippen molar-refractivity contribution in [1.82, 2.24) is 19.4 Å². The van der Waals surface area contributed by atoms with Crippen molar-refractivity contribution in [3.8, 4) is 5.75 Å². The number of carboxylic acids is 1. The number of carbonyl (C=O) groups is 1. The molecule has 3 aliphatic heterocycles. The zero-order valence-electron chi connectivity index (χ0n) is 22.6. The second-order valence-corrected chi connectivity index (χ2v) is 11.5. The fourth-order valence-electron chi connectivity index (χ4n) is 6.10. The van der Waals surface area contributed by atoms with Gasteiger partial charge in [-0.15, -0.1) is 0 Å². The molecule has 2 fully saturated rings. The Morgan fingerprint density at radius 3 is 2.68 bits per heavy atom. The van der Waals surface area contributed by atoms with Crippen molar-refractivity contribution in [1.29, 1.82) is 0 Å². The molecule has 0 spiro atoms. The summed E-state index contributed by atoms with van der Waals surface area (Å²) in [4.78, 5) is 23.5. The number of hydrogen-bond acceptors (Lipinski definition) is 6. The Bertz CT molecular complexity index is 1620. The third-order valence-electron chi connectivity index (χ3n) is 8.46. The number of pyridine rings is 1. The maximum Gasteiger partial charge on any atom is 0.335 e. The molecular weight excluding hydrogens is 540 g/mol. The number of hydrogen-bond donors (Lipinski definition) is 1. The molecule has 5 heterocycles. The molecule has 4 aromatic rings. The van der Waals surface area contributed by atoms with Crippen LogP contribution in [0.25, 0.3) is 17.1 Å². The summed E-state index contributed by atoms with van der Waals surface area (Å²) >= 11 is 6.04. The molecule has 0 radical (unpaired) electrons. The Kier molecular flexibility index (Phi) is 6.98. The summed E-state index contributed by atoms with van der Waals surface area (Å²) in [6.45, 7) is 4.06. The zero-order chi connectivity index (χ0) is 27.9. The van der Waals surface area contributed by atoms with Crippen molar-refractivity contribution >= 4 is 34.7 Å². The summed E-state index contributed by atoms with van der Waals surface area (Å²) in [7, 11) is 0. The van der Waals surface area contributed by atoms with Crippen molar-refractivity contribution < 1.29 is 19.4 Å². The lowest BCUT2D eigenvalue weighted by molar-refractivity contribution is -0.0592. The lowest BCUT2D eigenvalue weighted by Gasteiger charge is -2.34. The molecule has 0 amide bonds. The van der Waals surface area contributed by atoms with Crippen molar-refractivity contribution in [3.05, 3.63) is 94.0 Å². The third-order valence-corrected chi connectivity index (χ3v) is 8.68. The van der Waals surface area contributed by atoms with Crippen LogP contribution in [-0.2, 0) is 17.8 Å². The number of aromatic carboxylic acids is 1. The van der Waals surface area contributed by atoms with Crippen LogP contribution in [0.2, 0.25) is 5.02 Å². The number of aromatic nitrogens is 3. The number of nitrogens with zero attached hydrogens (tertiary/aromatic N) is 4. The first-order valence-electron chi connectivity index (χ1n) is 14.2. The predicted octanol–water partition coefficient (Wildman–Crippen LogP) is 6.10. The van der Waals surface area contributed by atoms with E-state index >= 15 is 0 Å². The highest BCUT2D eigenvalue weighted by molar-refractivity contribution is 6.30. The SMILES string of the molecule is O=C(O)c1ccc2nc(CN3CCC(c4cccc5c4O[C@@H](c4ccc(Cl)cn4)C=C5)CC3)n(C[C@@H]3CCO3)c2c1. The normalized spacial score (nSPS) is 20.9. The summed E-state index contributed by atoms with van der Waals surface area (Å²) in [5, 5.41) is 10.1. The molecule has 210 valence electrons. The van der Waals surface area contributed by atoms with Crippen LogP contribution in [0, 0.1) is 0 Å². The van der Waals surface area contributed by atoms with Gasteiger partial charge in [0.2, 0.25) is 0 Å². The number of ether oxygens (including phenoxy) is 2. The number of benzene rings is 2. The minimum atomic E-state index is -0.929. The molecule has 2 saturated heterocycles. The monoisotopic (exact) mass is 570 g/mol. The average molecular weight is 571 g/mol.